The summed E-state index contributed by atoms with van der Waals surface area (Å²) in [6, 6.07) is 17.2. The zero-order valence-corrected chi connectivity index (χ0v) is 17.7. The standard InChI is InChI=1S/C23H25N3O3.ClH/c1-28-18-9-7-17(8-10-18)13-19(24)23(27)26-12-11-21-20(15-26)25-22(29-21)14-16-5-3-2-4-6-16;/h2-10,19H,11-15,24H2,1H3;1H/t19-;/m0./s1. The Morgan fingerprint density at radius 2 is 1.90 bits per heavy atom. The maximum atomic E-state index is 12.9. The molecule has 0 spiro atoms. The molecule has 2 aromatic carbocycles. The van der Waals surface area contributed by atoms with Crippen molar-refractivity contribution in [1.29, 1.82) is 0 Å². The van der Waals surface area contributed by atoms with Gasteiger partial charge in [0.2, 0.25) is 5.91 Å². The van der Waals surface area contributed by atoms with Crippen molar-refractivity contribution in [1.82, 2.24) is 9.88 Å². The molecule has 1 amide bonds. The van der Waals surface area contributed by atoms with Crippen LogP contribution < -0.4 is 10.5 Å². The minimum Gasteiger partial charge on any atom is -0.497 e. The molecular formula is C23H26ClN3O3. The fourth-order valence-corrected chi connectivity index (χ4v) is 3.62. The number of hydrogen-bond acceptors (Lipinski definition) is 5. The number of nitrogens with zero attached hydrogens (tertiary/aromatic N) is 2. The van der Waals surface area contributed by atoms with Gasteiger partial charge in [0.05, 0.1) is 19.7 Å². The van der Waals surface area contributed by atoms with E-state index in [0.29, 0.717) is 38.2 Å². The van der Waals surface area contributed by atoms with Gasteiger partial charge >= 0.3 is 0 Å². The van der Waals surface area contributed by atoms with Gasteiger partial charge in [0.15, 0.2) is 5.89 Å². The quantitative estimate of drug-likeness (QED) is 0.653. The van der Waals surface area contributed by atoms with Crippen molar-refractivity contribution in [3.8, 4) is 5.75 Å². The molecule has 1 aromatic heterocycles. The number of ether oxygens (including phenoxy) is 1. The van der Waals surface area contributed by atoms with Gasteiger partial charge in [-0.2, -0.15) is 0 Å². The molecule has 0 bridgehead atoms. The molecule has 1 atom stereocenters. The van der Waals surface area contributed by atoms with E-state index in [1.165, 1.54) is 0 Å². The van der Waals surface area contributed by atoms with Gasteiger partial charge in [-0.3, -0.25) is 4.79 Å². The van der Waals surface area contributed by atoms with E-state index in [-0.39, 0.29) is 18.3 Å². The van der Waals surface area contributed by atoms with E-state index in [2.05, 4.69) is 17.1 Å². The molecule has 3 aromatic rings. The van der Waals surface area contributed by atoms with Gasteiger partial charge in [0.1, 0.15) is 17.2 Å². The van der Waals surface area contributed by atoms with Gasteiger partial charge in [0.25, 0.3) is 0 Å². The molecule has 7 heteroatoms. The number of benzene rings is 2. The largest absolute Gasteiger partial charge is 0.497 e. The number of amides is 1. The molecule has 4 rings (SSSR count). The molecule has 0 fully saturated rings. The molecule has 1 aliphatic rings. The van der Waals surface area contributed by atoms with Crippen LogP contribution in [-0.2, 0) is 30.6 Å². The van der Waals surface area contributed by atoms with Gasteiger partial charge in [0, 0.05) is 19.4 Å². The van der Waals surface area contributed by atoms with Crippen LogP contribution in [0.25, 0.3) is 0 Å². The maximum absolute atomic E-state index is 12.9. The van der Waals surface area contributed by atoms with E-state index in [9.17, 15) is 4.79 Å². The fourth-order valence-electron chi connectivity index (χ4n) is 3.62. The smallest absolute Gasteiger partial charge is 0.240 e. The van der Waals surface area contributed by atoms with Gasteiger partial charge in [-0.05, 0) is 29.7 Å². The first-order valence-corrected chi connectivity index (χ1v) is 9.81. The normalized spacial score (nSPS) is 13.9. The van der Waals surface area contributed by atoms with E-state index in [1.807, 2.05) is 42.5 Å². The van der Waals surface area contributed by atoms with Gasteiger partial charge in [-0.25, -0.2) is 4.98 Å². The predicted molar refractivity (Wildman–Crippen MR) is 117 cm³/mol. The van der Waals surface area contributed by atoms with Crippen LogP contribution in [0.1, 0.15) is 28.5 Å². The summed E-state index contributed by atoms with van der Waals surface area (Å²) in [6.45, 7) is 1.05. The van der Waals surface area contributed by atoms with Crippen molar-refractivity contribution in [3.05, 3.63) is 83.1 Å². The molecule has 1 aliphatic heterocycles. The number of rotatable bonds is 6. The number of oxazole rings is 1. The van der Waals surface area contributed by atoms with Gasteiger partial charge < -0.3 is 19.8 Å². The lowest BCUT2D eigenvalue weighted by Gasteiger charge is -2.28. The highest BCUT2D eigenvalue weighted by Crippen LogP contribution is 2.22. The number of methoxy groups -OCH3 is 1. The number of carbonyl (C=O) groups excluding carboxylic acids is 1. The van der Waals surface area contributed by atoms with Crippen molar-refractivity contribution in [2.45, 2.75) is 31.8 Å². The Kier molecular flexibility index (Phi) is 7.13. The van der Waals surface area contributed by atoms with Crippen LogP contribution in [-0.4, -0.2) is 35.5 Å². The summed E-state index contributed by atoms with van der Waals surface area (Å²) in [5, 5.41) is 0. The summed E-state index contributed by atoms with van der Waals surface area (Å²) in [5.41, 5.74) is 9.22. The zero-order valence-electron chi connectivity index (χ0n) is 16.9. The van der Waals surface area contributed by atoms with Gasteiger partial charge in [-0.1, -0.05) is 42.5 Å². The Balaban J connectivity index is 0.00000256. The summed E-state index contributed by atoms with van der Waals surface area (Å²) in [6.07, 6.45) is 1.81. The lowest BCUT2D eigenvalue weighted by atomic mass is 10.0. The number of hydrogen-bond donors (Lipinski definition) is 1. The second-order valence-corrected chi connectivity index (χ2v) is 7.31. The topological polar surface area (TPSA) is 81.6 Å². The van der Waals surface area contributed by atoms with Crippen molar-refractivity contribution in [2.75, 3.05) is 13.7 Å². The number of halogens is 1. The van der Waals surface area contributed by atoms with Crippen molar-refractivity contribution >= 4 is 18.3 Å². The lowest BCUT2D eigenvalue weighted by Crippen LogP contribution is -2.46. The number of fused-ring (bicyclic) bond motifs is 1. The van der Waals surface area contributed by atoms with Crippen LogP contribution in [0, 0.1) is 0 Å². The van der Waals surface area contributed by atoms with Crippen molar-refractivity contribution in [2.24, 2.45) is 5.73 Å². The van der Waals surface area contributed by atoms with Crippen LogP contribution in [0.15, 0.2) is 59.0 Å². The van der Waals surface area contributed by atoms with Crippen molar-refractivity contribution < 1.29 is 13.9 Å². The second kappa shape index (κ2) is 9.78. The summed E-state index contributed by atoms with van der Waals surface area (Å²) in [4.78, 5) is 19.3. The lowest BCUT2D eigenvalue weighted by molar-refractivity contribution is -0.133. The molecule has 0 aliphatic carbocycles. The Hall–Kier alpha value is -2.83. The molecule has 0 radical (unpaired) electrons. The van der Waals surface area contributed by atoms with E-state index in [4.69, 9.17) is 14.9 Å². The first-order valence-electron chi connectivity index (χ1n) is 9.81. The average Bonchev–Trinajstić information content (AvgIpc) is 3.15. The van der Waals surface area contributed by atoms with Crippen LogP contribution in [0.4, 0.5) is 0 Å². The first-order chi connectivity index (χ1) is 14.1. The summed E-state index contributed by atoms with van der Waals surface area (Å²) in [5.74, 6) is 2.30. The maximum Gasteiger partial charge on any atom is 0.240 e. The molecule has 0 saturated carbocycles. The second-order valence-electron chi connectivity index (χ2n) is 7.31. The molecule has 2 N–H and O–H groups in total. The Morgan fingerprint density at radius 1 is 1.17 bits per heavy atom. The number of aromatic nitrogens is 1. The number of nitrogens with two attached hydrogens (primary N) is 1. The first kappa shape index (κ1) is 21.9. The van der Waals surface area contributed by atoms with Crippen LogP contribution in [0.2, 0.25) is 0 Å². The van der Waals surface area contributed by atoms with Crippen molar-refractivity contribution in [3.63, 3.8) is 0 Å². The van der Waals surface area contributed by atoms with Crippen LogP contribution >= 0.6 is 12.4 Å². The SMILES string of the molecule is COc1ccc(C[C@H](N)C(=O)N2CCc3oc(Cc4ccccc4)nc3C2)cc1.Cl. The van der Waals surface area contributed by atoms with E-state index in [0.717, 1.165) is 28.3 Å². The predicted octanol–water partition coefficient (Wildman–Crippen LogP) is 3.15. The molecule has 6 nitrogen and oxygen atoms in total. The molecule has 30 heavy (non-hydrogen) atoms. The van der Waals surface area contributed by atoms with Gasteiger partial charge in [-0.15, -0.1) is 12.4 Å². The van der Waals surface area contributed by atoms with E-state index >= 15 is 0 Å². The summed E-state index contributed by atoms with van der Waals surface area (Å²) >= 11 is 0. The Morgan fingerprint density at radius 3 is 2.60 bits per heavy atom. The molecule has 0 unspecified atom stereocenters. The average molecular weight is 428 g/mol. The molecule has 158 valence electrons. The third-order valence-electron chi connectivity index (χ3n) is 5.21. The monoisotopic (exact) mass is 427 g/mol. The third-order valence-corrected chi connectivity index (χ3v) is 5.21. The molecular weight excluding hydrogens is 402 g/mol. The highest BCUT2D eigenvalue weighted by molar-refractivity contribution is 5.85. The third kappa shape index (κ3) is 5.01. The minimum absolute atomic E-state index is 0. The molecule has 0 saturated heterocycles. The number of carbonyl (C=O) groups is 1. The van der Waals surface area contributed by atoms with E-state index in [1.54, 1.807) is 12.0 Å². The minimum atomic E-state index is -0.583. The highest BCUT2D eigenvalue weighted by Gasteiger charge is 2.28. The van der Waals surface area contributed by atoms with Crippen LogP contribution in [0.5, 0.6) is 5.75 Å². The van der Waals surface area contributed by atoms with E-state index < -0.39 is 6.04 Å². The van der Waals surface area contributed by atoms with Crippen LogP contribution in [0.3, 0.4) is 0 Å². The molecule has 2 heterocycles. The summed E-state index contributed by atoms with van der Waals surface area (Å²) in [7, 11) is 1.63. The zero-order chi connectivity index (χ0) is 20.2. The Bertz CT molecular complexity index is 973. The Labute approximate surface area is 182 Å². The fraction of sp³-hybridized carbons (Fsp3) is 0.304. The summed E-state index contributed by atoms with van der Waals surface area (Å²) < 4.78 is 11.1. The highest BCUT2D eigenvalue weighted by atomic mass is 35.5.